The van der Waals surface area contributed by atoms with Crippen LogP contribution < -0.4 is 16.0 Å². The van der Waals surface area contributed by atoms with Gasteiger partial charge in [0.25, 0.3) is 5.91 Å². The second-order valence-corrected chi connectivity index (χ2v) is 6.48. The van der Waals surface area contributed by atoms with Crippen molar-refractivity contribution in [2.45, 2.75) is 0 Å². The number of aromatic nitrogens is 1. The smallest absolute Gasteiger partial charge is 0.269 e. The third-order valence-electron chi connectivity index (χ3n) is 2.41. The number of thiazole rings is 1. The van der Waals surface area contributed by atoms with E-state index in [1.54, 1.807) is 23.1 Å². The Morgan fingerprint density at radius 3 is 2.75 bits per heavy atom. The van der Waals surface area contributed by atoms with Crippen molar-refractivity contribution in [1.29, 1.82) is 0 Å². The molecular weight excluding hydrogens is 364 g/mol. The zero-order valence-electron chi connectivity index (χ0n) is 10.8. The summed E-state index contributed by atoms with van der Waals surface area (Å²) in [7, 11) is 3.68. The Kier molecular flexibility index (Phi) is 4.52. The number of anilines is 3. The van der Waals surface area contributed by atoms with E-state index in [0.29, 0.717) is 20.7 Å². The number of nitrogen functional groups attached to an aromatic ring is 1. The van der Waals surface area contributed by atoms with E-state index in [4.69, 9.17) is 17.3 Å². The van der Waals surface area contributed by atoms with E-state index >= 15 is 0 Å². The monoisotopic (exact) mass is 374 g/mol. The van der Waals surface area contributed by atoms with E-state index in [0.717, 1.165) is 4.47 Å². The molecule has 0 spiro atoms. The van der Waals surface area contributed by atoms with Gasteiger partial charge in [-0.15, -0.1) is 0 Å². The van der Waals surface area contributed by atoms with Gasteiger partial charge in [-0.3, -0.25) is 4.79 Å². The first-order valence-electron chi connectivity index (χ1n) is 5.58. The zero-order chi connectivity index (χ0) is 14.9. The molecule has 0 unspecified atom stereocenters. The second-order valence-electron chi connectivity index (χ2n) is 4.18. The molecule has 0 fully saturated rings. The Hall–Kier alpha value is -1.31. The number of carbonyl (C=O) groups is 1. The first-order valence-corrected chi connectivity index (χ1v) is 7.57. The van der Waals surface area contributed by atoms with Crippen molar-refractivity contribution in [3.05, 3.63) is 32.6 Å². The van der Waals surface area contributed by atoms with Gasteiger partial charge >= 0.3 is 0 Å². The molecule has 0 atom stereocenters. The number of rotatable bonds is 3. The lowest BCUT2D eigenvalue weighted by atomic mass is 10.3. The van der Waals surface area contributed by atoms with Crippen LogP contribution in [0.25, 0.3) is 0 Å². The fourth-order valence-electron chi connectivity index (χ4n) is 1.44. The Bertz CT molecular complexity index is 659. The van der Waals surface area contributed by atoms with Crippen LogP contribution in [0.1, 0.15) is 9.67 Å². The van der Waals surface area contributed by atoms with E-state index in [-0.39, 0.29) is 11.7 Å². The minimum Gasteiger partial charge on any atom is -0.382 e. The lowest BCUT2D eigenvalue weighted by Gasteiger charge is -2.07. The van der Waals surface area contributed by atoms with E-state index in [9.17, 15) is 4.79 Å². The number of nitrogens with zero attached hydrogens (tertiary/aromatic N) is 2. The van der Waals surface area contributed by atoms with Crippen molar-refractivity contribution in [1.82, 2.24) is 4.98 Å². The van der Waals surface area contributed by atoms with Gasteiger partial charge in [0.1, 0.15) is 10.7 Å². The fraction of sp³-hybridized carbons (Fsp3) is 0.167. The fourth-order valence-corrected chi connectivity index (χ4v) is 2.97. The van der Waals surface area contributed by atoms with Crippen LogP contribution >= 0.6 is 38.9 Å². The third-order valence-corrected chi connectivity index (χ3v) is 4.45. The third kappa shape index (κ3) is 3.23. The lowest BCUT2D eigenvalue weighted by molar-refractivity contribution is 0.103. The largest absolute Gasteiger partial charge is 0.382 e. The second kappa shape index (κ2) is 5.99. The molecule has 1 amide bonds. The van der Waals surface area contributed by atoms with Gasteiger partial charge in [-0.25, -0.2) is 4.98 Å². The van der Waals surface area contributed by atoms with Crippen molar-refractivity contribution in [3.8, 4) is 0 Å². The van der Waals surface area contributed by atoms with Crippen LogP contribution in [0.2, 0.25) is 5.02 Å². The summed E-state index contributed by atoms with van der Waals surface area (Å²) in [6.07, 6.45) is 0. The average Bonchev–Trinajstić information content (AvgIpc) is 2.75. The summed E-state index contributed by atoms with van der Waals surface area (Å²) in [5.74, 6) is -0.109. The molecule has 5 nitrogen and oxygen atoms in total. The summed E-state index contributed by atoms with van der Waals surface area (Å²) in [4.78, 5) is 18.5. The van der Waals surface area contributed by atoms with Gasteiger partial charge in [0.2, 0.25) is 0 Å². The molecular formula is C12H12BrClN4OS. The molecule has 1 aromatic heterocycles. The predicted molar refractivity (Wildman–Crippen MR) is 88.0 cm³/mol. The SMILES string of the molecule is CN(C)c1nc(N)c(C(=O)Nc2ccc(Br)cc2Cl)s1. The van der Waals surface area contributed by atoms with Crippen LogP contribution in [-0.4, -0.2) is 25.0 Å². The van der Waals surface area contributed by atoms with Gasteiger partial charge in [0.15, 0.2) is 5.13 Å². The molecule has 1 aromatic carbocycles. The maximum Gasteiger partial charge on any atom is 0.269 e. The number of amides is 1. The number of hydrogen-bond donors (Lipinski definition) is 2. The van der Waals surface area contributed by atoms with Crippen molar-refractivity contribution in [2.75, 3.05) is 30.0 Å². The molecule has 0 aliphatic rings. The van der Waals surface area contributed by atoms with E-state index in [1.807, 2.05) is 14.1 Å². The van der Waals surface area contributed by atoms with Crippen LogP contribution in [-0.2, 0) is 0 Å². The molecule has 2 aromatic rings. The van der Waals surface area contributed by atoms with Crippen molar-refractivity contribution in [2.24, 2.45) is 0 Å². The van der Waals surface area contributed by atoms with E-state index < -0.39 is 0 Å². The summed E-state index contributed by atoms with van der Waals surface area (Å²) >= 11 is 10.6. The van der Waals surface area contributed by atoms with Gasteiger partial charge in [-0.2, -0.15) is 0 Å². The lowest BCUT2D eigenvalue weighted by Crippen LogP contribution is -2.12. The average molecular weight is 376 g/mol. The Morgan fingerprint density at radius 1 is 1.50 bits per heavy atom. The van der Waals surface area contributed by atoms with Crippen LogP contribution in [0.5, 0.6) is 0 Å². The number of carbonyl (C=O) groups excluding carboxylic acids is 1. The normalized spacial score (nSPS) is 10.4. The summed E-state index contributed by atoms with van der Waals surface area (Å²) in [6.45, 7) is 0. The quantitative estimate of drug-likeness (QED) is 0.862. The van der Waals surface area contributed by atoms with Crippen LogP contribution in [0.4, 0.5) is 16.6 Å². The van der Waals surface area contributed by atoms with Gasteiger partial charge in [0, 0.05) is 18.6 Å². The molecule has 0 saturated carbocycles. The summed E-state index contributed by atoms with van der Waals surface area (Å²) in [5.41, 5.74) is 6.29. The minimum atomic E-state index is -0.322. The number of halogens is 2. The highest BCUT2D eigenvalue weighted by Crippen LogP contribution is 2.30. The highest BCUT2D eigenvalue weighted by atomic mass is 79.9. The van der Waals surface area contributed by atoms with Crippen LogP contribution in [0, 0.1) is 0 Å². The Morgan fingerprint density at radius 2 is 2.20 bits per heavy atom. The van der Waals surface area contributed by atoms with E-state index in [1.165, 1.54) is 11.3 Å². The van der Waals surface area contributed by atoms with Gasteiger partial charge in [0.05, 0.1) is 10.7 Å². The van der Waals surface area contributed by atoms with Crippen LogP contribution in [0.15, 0.2) is 22.7 Å². The predicted octanol–water partition coefficient (Wildman–Crippen LogP) is 3.46. The van der Waals surface area contributed by atoms with Gasteiger partial charge in [-0.1, -0.05) is 38.9 Å². The van der Waals surface area contributed by atoms with Gasteiger partial charge < -0.3 is 16.0 Å². The highest BCUT2D eigenvalue weighted by Gasteiger charge is 2.18. The first kappa shape index (κ1) is 15.1. The van der Waals surface area contributed by atoms with Crippen molar-refractivity contribution >= 4 is 61.4 Å². The molecule has 0 aliphatic carbocycles. The molecule has 106 valence electrons. The number of hydrogen-bond acceptors (Lipinski definition) is 5. The Balaban J connectivity index is 2.24. The standard InChI is InChI=1S/C12H12BrClN4OS/c1-18(2)12-17-10(15)9(20-12)11(19)16-8-4-3-6(13)5-7(8)14/h3-5H,15H2,1-2H3,(H,16,19). The minimum absolute atomic E-state index is 0.212. The first-order chi connectivity index (χ1) is 9.38. The summed E-state index contributed by atoms with van der Waals surface area (Å²) in [5, 5.41) is 3.85. The topological polar surface area (TPSA) is 71.2 Å². The molecule has 0 saturated heterocycles. The maximum atomic E-state index is 12.2. The van der Waals surface area contributed by atoms with Gasteiger partial charge in [-0.05, 0) is 18.2 Å². The summed E-state index contributed by atoms with van der Waals surface area (Å²) in [6, 6.07) is 5.22. The number of nitrogens with two attached hydrogens (primary N) is 1. The zero-order valence-corrected chi connectivity index (χ0v) is 13.9. The summed E-state index contributed by atoms with van der Waals surface area (Å²) < 4.78 is 0.840. The van der Waals surface area contributed by atoms with Crippen molar-refractivity contribution < 1.29 is 4.79 Å². The number of nitrogens with one attached hydrogen (secondary N) is 1. The maximum absolute atomic E-state index is 12.2. The number of benzene rings is 1. The molecule has 8 heteroatoms. The molecule has 20 heavy (non-hydrogen) atoms. The molecule has 1 heterocycles. The van der Waals surface area contributed by atoms with Crippen molar-refractivity contribution in [3.63, 3.8) is 0 Å². The Labute approximate surface area is 133 Å². The molecule has 0 bridgehead atoms. The molecule has 2 rings (SSSR count). The molecule has 0 aliphatic heterocycles. The molecule has 3 N–H and O–H groups in total. The van der Waals surface area contributed by atoms with Crippen LogP contribution in [0.3, 0.4) is 0 Å². The highest BCUT2D eigenvalue weighted by molar-refractivity contribution is 9.10. The van der Waals surface area contributed by atoms with E-state index in [2.05, 4.69) is 26.2 Å². The molecule has 0 radical (unpaired) electrons.